The van der Waals surface area contributed by atoms with Crippen LogP contribution in [0.4, 0.5) is 13.2 Å². The van der Waals surface area contributed by atoms with Crippen LogP contribution in [0.25, 0.3) is 10.9 Å². The summed E-state index contributed by atoms with van der Waals surface area (Å²) in [6.07, 6.45) is -4.82. The molecule has 1 aliphatic heterocycles. The first kappa shape index (κ1) is 23.5. The molecule has 0 unspecified atom stereocenters. The lowest BCUT2D eigenvalue weighted by Gasteiger charge is -2.36. The number of ether oxygens (including phenoxy) is 1. The van der Waals surface area contributed by atoms with E-state index in [0.29, 0.717) is 41.8 Å². The minimum absolute atomic E-state index is 0.0799. The van der Waals surface area contributed by atoms with Crippen LogP contribution in [0.2, 0.25) is 0 Å². The normalized spacial score (nSPS) is 15.9. The maximum atomic E-state index is 13.5. The predicted octanol–water partition coefficient (Wildman–Crippen LogP) is 4.65. The minimum Gasteiger partial charge on any atom is -0.404 e. The Bertz CT molecular complexity index is 1450. The molecule has 3 aromatic carbocycles. The molecule has 2 N–H and O–H groups in total. The summed E-state index contributed by atoms with van der Waals surface area (Å²) in [6, 6.07) is 20.6. The Balaban J connectivity index is 1.45. The number of benzene rings is 3. The van der Waals surface area contributed by atoms with Gasteiger partial charge in [-0.05, 0) is 41.8 Å². The summed E-state index contributed by atoms with van der Waals surface area (Å²) in [6.45, 7) is 1.91. The van der Waals surface area contributed by atoms with Crippen LogP contribution in [-0.2, 0) is 0 Å². The molecule has 0 aliphatic carbocycles. The molecule has 1 aliphatic rings. The van der Waals surface area contributed by atoms with Crippen LogP contribution in [0.5, 0.6) is 5.75 Å². The highest BCUT2D eigenvalue weighted by atomic mass is 19.4. The summed E-state index contributed by atoms with van der Waals surface area (Å²) in [5, 5.41) is 11.0. The van der Waals surface area contributed by atoms with Crippen LogP contribution < -0.4 is 10.1 Å². The number of carbonyl (C=O) groups excluding carboxylic acids is 1. The monoisotopic (exact) mass is 490 g/mol. The van der Waals surface area contributed by atoms with Gasteiger partial charge in [0.1, 0.15) is 11.4 Å². The summed E-state index contributed by atoms with van der Waals surface area (Å²) in [5.41, 5.74) is 2.60. The average Bonchev–Trinajstić information content (AvgIpc) is 3.29. The fraction of sp³-hybridized carbons (Fsp3) is 0.185. The number of rotatable bonds is 3. The van der Waals surface area contributed by atoms with Crippen LogP contribution >= 0.6 is 0 Å². The first-order chi connectivity index (χ1) is 17.4. The smallest absolute Gasteiger partial charge is 0.404 e. The zero-order valence-electron chi connectivity index (χ0n) is 19.0. The molecule has 2 heterocycles. The number of piperazine rings is 1. The van der Waals surface area contributed by atoms with Crippen LogP contribution in [0.3, 0.4) is 0 Å². The second-order valence-electron chi connectivity index (χ2n) is 8.25. The van der Waals surface area contributed by atoms with E-state index in [9.17, 15) is 18.0 Å². The van der Waals surface area contributed by atoms with Crippen LogP contribution in [0, 0.1) is 11.8 Å². The number of para-hydroxylation sites is 1. The zero-order valence-corrected chi connectivity index (χ0v) is 19.0. The SMILES string of the molecule is O=C(c1ccc2n[nH]c(C#Cc3ccccc3OC(F)(F)F)c2c1)N1CCNC[C@@H]1c1ccccc1. The Morgan fingerprint density at radius 1 is 1.03 bits per heavy atom. The van der Waals surface area contributed by atoms with E-state index in [1.807, 2.05) is 35.2 Å². The van der Waals surface area contributed by atoms with Gasteiger partial charge >= 0.3 is 6.36 Å². The molecule has 0 bridgehead atoms. The number of nitrogens with one attached hydrogen (secondary N) is 2. The number of aromatic amines is 1. The van der Waals surface area contributed by atoms with Crippen molar-refractivity contribution in [1.29, 1.82) is 0 Å². The Morgan fingerprint density at radius 2 is 1.81 bits per heavy atom. The fourth-order valence-electron chi connectivity index (χ4n) is 4.24. The number of nitrogens with zero attached hydrogens (tertiary/aromatic N) is 2. The number of fused-ring (bicyclic) bond motifs is 1. The van der Waals surface area contributed by atoms with Crippen molar-refractivity contribution in [2.24, 2.45) is 0 Å². The third kappa shape index (κ3) is 5.04. The zero-order chi connectivity index (χ0) is 25.1. The van der Waals surface area contributed by atoms with E-state index in [2.05, 4.69) is 32.1 Å². The molecule has 1 amide bonds. The Hall–Kier alpha value is -4.29. The van der Waals surface area contributed by atoms with Gasteiger partial charge in [-0.1, -0.05) is 48.4 Å². The van der Waals surface area contributed by atoms with Crippen molar-refractivity contribution >= 4 is 16.8 Å². The van der Waals surface area contributed by atoms with Gasteiger partial charge < -0.3 is 15.0 Å². The lowest BCUT2D eigenvalue weighted by atomic mass is 10.0. The summed E-state index contributed by atoms with van der Waals surface area (Å²) in [4.78, 5) is 15.4. The Labute approximate surface area is 205 Å². The number of amides is 1. The highest BCUT2D eigenvalue weighted by molar-refractivity contribution is 5.99. The molecular weight excluding hydrogens is 469 g/mol. The number of carbonyl (C=O) groups is 1. The quantitative estimate of drug-likeness (QED) is 0.411. The molecule has 5 rings (SSSR count). The maximum absolute atomic E-state index is 13.5. The number of hydrogen-bond acceptors (Lipinski definition) is 4. The summed E-state index contributed by atoms with van der Waals surface area (Å²) >= 11 is 0. The van der Waals surface area contributed by atoms with E-state index in [1.54, 1.807) is 24.3 Å². The molecule has 1 aromatic heterocycles. The lowest BCUT2D eigenvalue weighted by Crippen LogP contribution is -2.48. The van der Waals surface area contributed by atoms with Gasteiger partial charge in [0.05, 0.1) is 17.1 Å². The number of hydrogen-bond donors (Lipinski definition) is 2. The van der Waals surface area contributed by atoms with Crippen molar-refractivity contribution in [2.75, 3.05) is 19.6 Å². The van der Waals surface area contributed by atoms with Crippen LogP contribution in [0.15, 0.2) is 72.8 Å². The van der Waals surface area contributed by atoms with Gasteiger partial charge in [0.25, 0.3) is 5.91 Å². The molecule has 0 spiro atoms. The third-order valence-electron chi connectivity index (χ3n) is 5.92. The molecule has 0 saturated carbocycles. The van der Waals surface area contributed by atoms with Gasteiger partial charge in [0, 0.05) is 30.6 Å². The van der Waals surface area contributed by atoms with Crippen molar-refractivity contribution in [3.63, 3.8) is 0 Å². The summed E-state index contributed by atoms with van der Waals surface area (Å²) in [5.74, 6) is 5.06. The standard InChI is InChI=1S/C27H21F3N4O2/c28-27(29,30)36-25-9-5-4-8-19(25)10-12-22-21-16-20(11-13-23(21)33-32-22)26(35)34-15-14-31-17-24(34)18-6-2-1-3-7-18/h1-9,11,13,16,24,31H,14-15,17H2,(H,32,33)/t24-/m1/s1. The molecule has 36 heavy (non-hydrogen) atoms. The second-order valence-corrected chi connectivity index (χ2v) is 8.25. The van der Waals surface area contributed by atoms with E-state index in [-0.39, 0.29) is 23.3 Å². The molecule has 1 saturated heterocycles. The van der Waals surface area contributed by atoms with Crippen molar-refractivity contribution < 1.29 is 22.7 Å². The summed E-state index contributed by atoms with van der Waals surface area (Å²) < 4.78 is 42.2. The molecule has 0 radical (unpaired) electrons. The topological polar surface area (TPSA) is 70.2 Å². The molecule has 1 atom stereocenters. The first-order valence-corrected chi connectivity index (χ1v) is 11.3. The molecule has 1 fully saturated rings. The number of alkyl halides is 3. The van der Waals surface area contributed by atoms with E-state index < -0.39 is 6.36 Å². The van der Waals surface area contributed by atoms with E-state index in [0.717, 1.165) is 5.56 Å². The highest BCUT2D eigenvalue weighted by Gasteiger charge is 2.32. The number of halogens is 3. The fourth-order valence-corrected chi connectivity index (χ4v) is 4.24. The van der Waals surface area contributed by atoms with E-state index in [4.69, 9.17) is 0 Å². The lowest BCUT2D eigenvalue weighted by molar-refractivity contribution is -0.274. The van der Waals surface area contributed by atoms with Crippen molar-refractivity contribution in [3.05, 3.63) is 95.2 Å². The van der Waals surface area contributed by atoms with Gasteiger partial charge in [-0.2, -0.15) is 5.10 Å². The van der Waals surface area contributed by atoms with E-state index in [1.165, 1.54) is 18.2 Å². The van der Waals surface area contributed by atoms with Gasteiger partial charge in [-0.15, -0.1) is 13.2 Å². The number of aromatic nitrogens is 2. The van der Waals surface area contributed by atoms with Crippen LogP contribution in [-0.4, -0.2) is 47.0 Å². The van der Waals surface area contributed by atoms with Gasteiger partial charge in [-0.3, -0.25) is 9.89 Å². The van der Waals surface area contributed by atoms with Crippen molar-refractivity contribution in [2.45, 2.75) is 12.4 Å². The third-order valence-corrected chi connectivity index (χ3v) is 5.92. The predicted molar refractivity (Wildman–Crippen MR) is 128 cm³/mol. The van der Waals surface area contributed by atoms with Crippen LogP contribution in [0.1, 0.15) is 33.2 Å². The highest BCUT2D eigenvalue weighted by Crippen LogP contribution is 2.27. The molecule has 6 nitrogen and oxygen atoms in total. The minimum atomic E-state index is -4.82. The Morgan fingerprint density at radius 3 is 2.61 bits per heavy atom. The van der Waals surface area contributed by atoms with Gasteiger partial charge in [0.15, 0.2) is 0 Å². The molecule has 4 aromatic rings. The van der Waals surface area contributed by atoms with Gasteiger partial charge in [0.2, 0.25) is 0 Å². The Kier molecular flexibility index (Phi) is 6.36. The second kappa shape index (κ2) is 9.76. The van der Waals surface area contributed by atoms with Gasteiger partial charge in [-0.25, -0.2) is 0 Å². The van der Waals surface area contributed by atoms with E-state index >= 15 is 0 Å². The molecule has 9 heteroatoms. The summed E-state index contributed by atoms with van der Waals surface area (Å²) in [7, 11) is 0. The average molecular weight is 490 g/mol. The first-order valence-electron chi connectivity index (χ1n) is 11.3. The largest absolute Gasteiger partial charge is 0.573 e. The van der Waals surface area contributed by atoms with Crippen molar-refractivity contribution in [3.8, 4) is 17.6 Å². The van der Waals surface area contributed by atoms with Crippen molar-refractivity contribution in [1.82, 2.24) is 20.4 Å². The maximum Gasteiger partial charge on any atom is 0.573 e. The number of H-pyrrole nitrogens is 1. The molecule has 182 valence electrons. The molecular formula is C27H21F3N4O2.